The molecule has 0 saturated heterocycles. The molecule has 2 heterocycles. The molecule has 0 aliphatic rings. The van der Waals surface area contributed by atoms with Gasteiger partial charge in [0.05, 0.1) is 22.5 Å². The van der Waals surface area contributed by atoms with Crippen molar-refractivity contribution < 1.29 is 14.4 Å². The molecule has 0 fully saturated rings. The van der Waals surface area contributed by atoms with E-state index in [2.05, 4.69) is 10.1 Å². The summed E-state index contributed by atoms with van der Waals surface area (Å²) in [6.07, 6.45) is 5.40. The van der Waals surface area contributed by atoms with Crippen molar-refractivity contribution in [3.8, 4) is 0 Å². The largest absolute Gasteiger partial charge is 0.282 e. The summed E-state index contributed by atoms with van der Waals surface area (Å²) in [5, 5.41) is 5.31. The van der Waals surface area contributed by atoms with Gasteiger partial charge in [0.25, 0.3) is 5.91 Å². The highest BCUT2D eigenvalue weighted by Crippen LogP contribution is 2.34. The van der Waals surface area contributed by atoms with Crippen molar-refractivity contribution in [1.82, 2.24) is 19.7 Å². The second-order valence-corrected chi connectivity index (χ2v) is 8.68. The van der Waals surface area contributed by atoms with Crippen LogP contribution in [-0.2, 0) is 4.79 Å². The second kappa shape index (κ2) is 9.84. The average Bonchev–Trinajstić information content (AvgIpc) is 3.21. The Morgan fingerprint density at radius 2 is 1.74 bits per heavy atom. The van der Waals surface area contributed by atoms with Gasteiger partial charge in [-0.05, 0) is 54.6 Å². The predicted octanol–water partition coefficient (Wildman–Crippen LogP) is 5.03. The van der Waals surface area contributed by atoms with Gasteiger partial charge in [0.15, 0.2) is 0 Å². The molecule has 0 aliphatic carbocycles. The highest BCUT2D eigenvalue weighted by atomic mass is 32.2. The Morgan fingerprint density at radius 1 is 0.971 bits per heavy atom. The Bertz CT molecular complexity index is 1430. The smallest absolute Gasteiger partial charge is 0.261 e. The van der Waals surface area contributed by atoms with Gasteiger partial charge in [-0.25, -0.2) is 0 Å². The first-order valence-corrected chi connectivity index (χ1v) is 11.3. The first-order chi connectivity index (χ1) is 16.3. The zero-order chi connectivity index (χ0) is 24.2. The normalized spacial score (nSPS) is 11.1. The molecule has 4 aromatic rings. The van der Waals surface area contributed by atoms with Crippen LogP contribution in [0.25, 0.3) is 23.1 Å². The van der Waals surface area contributed by atoms with E-state index in [1.807, 2.05) is 60.7 Å². The van der Waals surface area contributed by atoms with Gasteiger partial charge in [-0.1, -0.05) is 30.0 Å². The van der Waals surface area contributed by atoms with E-state index in [9.17, 15) is 14.4 Å². The summed E-state index contributed by atoms with van der Waals surface area (Å²) < 4.78 is 1.37. The molecule has 0 aliphatic heterocycles. The van der Waals surface area contributed by atoms with Crippen LogP contribution in [0.4, 0.5) is 0 Å². The molecule has 34 heavy (non-hydrogen) atoms. The maximum atomic E-state index is 12.8. The number of carbonyl (C=O) groups is 3. The van der Waals surface area contributed by atoms with Crippen molar-refractivity contribution in [2.75, 3.05) is 7.05 Å². The molecule has 2 aromatic heterocycles. The zero-order valence-electron chi connectivity index (χ0n) is 18.9. The lowest BCUT2D eigenvalue weighted by Crippen LogP contribution is -2.31. The lowest BCUT2D eigenvalue weighted by molar-refractivity contribution is -0.125. The van der Waals surface area contributed by atoms with Crippen LogP contribution in [-0.4, -0.2) is 44.4 Å². The summed E-state index contributed by atoms with van der Waals surface area (Å²) in [7, 11) is 1.46. The molecule has 2 aromatic carbocycles. The molecule has 0 atom stereocenters. The first kappa shape index (κ1) is 23.1. The molecule has 7 nitrogen and oxygen atoms in total. The second-order valence-electron chi connectivity index (χ2n) is 7.56. The zero-order valence-corrected chi connectivity index (χ0v) is 19.7. The lowest BCUT2D eigenvalue weighted by atomic mass is 10.2. The fraction of sp³-hybridized carbons (Fsp3) is 0.115. The van der Waals surface area contributed by atoms with Crippen molar-refractivity contribution >= 4 is 52.5 Å². The third kappa shape index (κ3) is 4.82. The fourth-order valence-electron chi connectivity index (χ4n) is 3.37. The number of imide groups is 1. The molecule has 0 radical (unpaired) electrons. The average molecular weight is 471 g/mol. The molecule has 4 rings (SSSR count). The van der Waals surface area contributed by atoms with E-state index in [1.54, 1.807) is 18.3 Å². The van der Waals surface area contributed by atoms with Gasteiger partial charge < -0.3 is 0 Å². The number of fused-ring (bicyclic) bond motifs is 1. The van der Waals surface area contributed by atoms with Crippen LogP contribution in [0.5, 0.6) is 0 Å². The van der Waals surface area contributed by atoms with Crippen molar-refractivity contribution in [2.24, 2.45) is 0 Å². The number of nitrogens with zero attached hydrogens (tertiary/aromatic N) is 4. The number of hydrogen-bond donors (Lipinski definition) is 0. The minimum Gasteiger partial charge on any atom is -0.282 e. The molecule has 170 valence electrons. The van der Waals surface area contributed by atoms with Crippen LogP contribution in [0.3, 0.4) is 0 Å². The topological polar surface area (TPSA) is 85.2 Å². The maximum Gasteiger partial charge on any atom is 0.261 e. The lowest BCUT2D eigenvalue weighted by Gasteiger charge is -2.15. The van der Waals surface area contributed by atoms with Crippen LogP contribution in [0.2, 0.25) is 0 Å². The van der Waals surface area contributed by atoms with Crippen molar-refractivity contribution in [1.29, 1.82) is 0 Å². The summed E-state index contributed by atoms with van der Waals surface area (Å²) in [6, 6.07) is 18.5. The van der Waals surface area contributed by atoms with Crippen LogP contribution in [0.1, 0.15) is 40.4 Å². The summed E-state index contributed by atoms with van der Waals surface area (Å²) >= 11 is 1.39. The Hall–Kier alpha value is -4.04. The van der Waals surface area contributed by atoms with Gasteiger partial charge >= 0.3 is 0 Å². The van der Waals surface area contributed by atoms with Crippen LogP contribution in [0, 0.1) is 0 Å². The molecule has 0 N–H and O–H groups in total. The Kier molecular flexibility index (Phi) is 6.70. The van der Waals surface area contributed by atoms with E-state index < -0.39 is 0 Å². The number of rotatable bonds is 5. The number of pyridine rings is 1. The van der Waals surface area contributed by atoms with Gasteiger partial charge in [-0.15, -0.1) is 0 Å². The van der Waals surface area contributed by atoms with Gasteiger partial charge in [0.1, 0.15) is 0 Å². The predicted molar refractivity (Wildman–Crippen MR) is 133 cm³/mol. The van der Waals surface area contributed by atoms with Crippen molar-refractivity contribution in [3.63, 3.8) is 0 Å². The monoisotopic (exact) mass is 470 g/mol. The van der Waals surface area contributed by atoms with Crippen LogP contribution in [0.15, 0.2) is 76.7 Å². The summed E-state index contributed by atoms with van der Waals surface area (Å²) in [5.41, 5.74) is 2.55. The molecule has 0 spiro atoms. The molecular weight excluding hydrogens is 448 g/mol. The Morgan fingerprint density at radius 3 is 2.44 bits per heavy atom. The summed E-state index contributed by atoms with van der Waals surface area (Å²) in [4.78, 5) is 43.6. The maximum absolute atomic E-state index is 12.8. The number of amides is 2. The van der Waals surface area contributed by atoms with Gasteiger partial charge in [0.2, 0.25) is 11.8 Å². The van der Waals surface area contributed by atoms with Gasteiger partial charge in [0, 0.05) is 42.3 Å². The molecule has 0 saturated carbocycles. The van der Waals surface area contributed by atoms with E-state index in [-0.39, 0.29) is 17.7 Å². The molecule has 8 heteroatoms. The minimum absolute atomic E-state index is 0.205. The highest BCUT2D eigenvalue weighted by Gasteiger charge is 2.19. The van der Waals surface area contributed by atoms with Crippen LogP contribution < -0.4 is 0 Å². The van der Waals surface area contributed by atoms with Gasteiger partial charge in [-0.2, -0.15) is 9.78 Å². The Balaban J connectivity index is 1.71. The summed E-state index contributed by atoms with van der Waals surface area (Å²) in [6.45, 7) is 2.81. The third-order valence-electron chi connectivity index (χ3n) is 5.20. The molecule has 0 unspecified atom stereocenters. The third-order valence-corrected chi connectivity index (χ3v) is 6.27. The van der Waals surface area contributed by atoms with E-state index in [0.29, 0.717) is 21.7 Å². The number of aromatic nitrogens is 3. The SMILES string of the molecule is CC(=O)N(C)C(=O)c1ccccc1Sc1ccc2c(/C=C/c3ccccn3)nn(C(C)=O)c2c1. The van der Waals surface area contributed by atoms with E-state index in [0.717, 1.165) is 20.9 Å². The quantitative estimate of drug-likeness (QED) is 0.407. The minimum atomic E-state index is -0.368. The van der Waals surface area contributed by atoms with Crippen molar-refractivity contribution in [3.05, 3.63) is 83.8 Å². The first-order valence-electron chi connectivity index (χ1n) is 10.5. The van der Waals surface area contributed by atoms with Crippen molar-refractivity contribution in [2.45, 2.75) is 23.6 Å². The molecule has 2 amide bonds. The number of carbonyl (C=O) groups excluding carboxylic acids is 3. The fourth-order valence-corrected chi connectivity index (χ4v) is 4.34. The standard InChI is InChI=1S/C26H22N4O3S/c1-17(31)29(3)26(33)22-9-4-5-10-25(22)34-20-12-13-21-23(14-11-19-8-6-7-15-27-19)28-30(18(2)32)24(21)16-20/h4-16H,1-3H3/b14-11+. The van der Waals surface area contributed by atoms with Gasteiger partial charge in [-0.3, -0.25) is 24.3 Å². The molecule has 0 bridgehead atoms. The molecular formula is C26H22N4O3S. The van der Waals surface area contributed by atoms with E-state index >= 15 is 0 Å². The highest BCUT2D eigenvalue weighted by molar-refractivity contribution is 7.99. The number of benzene rings is 2. The Labute approximate surface area is 201 Å². The van der Waals surface area contributed by atoms with E-state index in [4.69, 9.17) is 0 Å². The number of hydrogen-bond acceptors (Lipinski definition) is 6. The van der Waals surface area contributed by atoms with E-state index in [1.165, 1.54) is 37.3 Å². The summed E-state index contributed by atoms with van der Waals surface area (Å²) in [5.74, 6) is -0.904. The van der Waals surface area contributed by atoms with Crippen LogP contribution >= 0.6 is 11.8 Å².